The molecule has 4 heterocycles. The fraction of sp³-hybridized carbons (Fsp3) is 0.500. The standard InChI is InChI=1S/C24H29N5OS/c30-23-6-5-22(19-7-11-25-12-8-19)27-29(23)15-18-9-13-28(14-10-18)16-21-17-31-24(26-21)20-3-1-2-4-20/h5-8,11-12,17-18,20H,1-4,9-10,13-16H2. The summed E-state index contributed by atoms with van der Waals surface area (Å²) in [5.41, 5.74) is 3.01. The minimum absolute atomic E-state index is 0.0258. The molecule has 2 aliphatic rings. The molecule has 1 saturated heterocycles. The van der Waals surface area contributed by atoms with Crippen LogP contribution in [0.25, 0.3) is 11.3 Å². The number of likely N-dealkylation sites (tertiary alicyclic amines) is 1. The largest absolute Gasteiger partial charge is 0.297 e. The van der Waals surface area contributed by atoms with Gasteiger partial charge in [-0.05, 0) is 62.9 Å². The Morgan fingerprint density at radius 3 is 2.55 bits per heavy atom. The van der Waals surface area contributed by atoms with E-state index in [0.717, 1.165) is 43.7 Å². The maximum absolute atomic E-state index is 12.4. The van der Waals surface area contributed by atoms with Crippen LogP contribution in [0.5, 0.6) is 0 Å². The first-order valence-electron chi connectivity index (χ1n) is 11.4. The second-order valence-corrected chi connectivity index (χ2v) is 9.74. The topological polar surface area (TPSA) is 63.9 Å². The molecule has 7 heteroatoms. The second-order valence-electron chi connectivity index (χ2n) is 8.85. The third-order valence-electron chi connectivity index (χ3n) is 6.64. The van der Waals surface area contributed by atoms with Crippen molar-refractivity contribution in [3.05, 3.63) is 63.1 Å². The Morgan fingerprint density at radius 1 is 1.00 bits per heavy atom. The number of hydrogen-bond acceptors (Lipinski definition) is 6. The maximum Gasteiger partial charge on any atom is 0.266 e. The normalized spacial score (nSPS) is 18.6. The number of piperidine rings is 1. The third kappa shape index (κ3) is 4.93. The minimum Gasteiger partial charge on any atom is -0.297 e. The van der Waals surface area contributed by atoms with Crippen molar-refractivity contribution in [3.8, 4) is 11.3 Å². The molecule has 0 spiro atoms. The first kappa shape index (κ1) is 20.5. The summed E-state index contributed by atoms with van der Waals surface area (Å²) in [6.07, 6.45) is 11.0. The number of pyridine rings is 1. The maximum atomic E-state index is 12.4. The number of aromatic nitrogens is 4. The summed E-state index contributed by atoms with van der Waals surface area (Å²) in [6.45, 7) is 3.75. The van der Waals surface area contributed by atoms with Crippen LogP contribution in [0.15, 0.2) is 46.8 Å². The van der Waals surface area contributed by atoms with Gasteiger partial charge in [-0.3, -0.25) is 14.7 Å². The van der Waals surface area contributed by atoms with Crippen LogP contribution in [0.2, 0.25) is 0 Å². The first-order valence-corrected chi connectivity index (χ1v) is 12.3. The van der Waals surface area contributed by atoms with Crippen molar-refractivity contribution >= 4 is 11.3 Å². The van der Waals surface area contributed by atoms with Gasteiger partial charge in [0, 0.05) is 48.4 Å². The number of thiazole rings is 1. The smallest absolute Gasteiger partial charge is 0.266 e. The molecule has 31 heavy (non-hydrogen) atoms. The van der Waals surface area contributed by atoms with Crippen molar-refractivity contribution in [1.82, 2.24) is 24.6 Å². The quantitative estimate of drug-likeness (QED) is 0.577. The summed E-state index contributed by atoms with van der Waals surface area (Å²) in [4.78, 5) is 23.9. The minimum atomic E-state index is -0.0258. The van der Waals surface area contributed by atoms with Crippen molar-refractivity contribution in [2.24, 2.45) is 5.92 Å². The van der Waals surface area contributed by atoms with Crippen LogP contribution < -0.4 is 5.56 Å². The molecule has 3 aromatic heterocycles. The van der Waals surface area contributed by atoms with Gasteiger partial charge in [0.2, 0.25) is 0 Å². The van der Waals surface area contributed by atoms with Crippen LogP contribution in [0.4, 0.5) is 0 Å². The van der Waals surface area contributed by atoms with E-state index in [1.807, 2.05) is 23.5 Å². The zero-order valence-corrected chi connectivity index (χ0v) is 18.6. The number of hydrogen-bond donors (Lipinski definition) is 0. The molecular weight excluding hydrogens is 406 g/mol. The zero-order chi connectivity index (χ0) is 21.0. The first-order chi connectivity index (χ1) is 15.2. The highest BCUT2D eigenvalue weighted by Gasteiger charge is 2.23. The Kier molecular flexibility index (Phi) is 6.22. The van der Waals surface area contributed by atoms with Gasteiger partial charge < -0.3 is 0 Å². The summed E-state index contributed by atoms with van der Waals surface area (Å²) in [7, 11) is 0. The van der Waals surface area contributed by atoms with Crippen molar-refractivity contribution in [2.75, 3.05) is 13.1 Å². The molecule has 0 amide bonds. The van der Waals surface area contributed by atoms with E-state index in [0.29, 0.717) is 18.4 Å². The molecular formula is C24H29N5OS. The Hall–Kier alpha value is -2.38. The summed E-state index contributed by atoms with van der Waals surface area (Å²) in [5, 5.41) is 8.22. The van der Waals surface area contributed by atoms with Gasteiger partial charge in [-0.25, -0.2) is 9.67 Å². The molecule has 5 rings (SSSR count). The molecule has 6 nitrogen and oxygen atoms in total. The van der Waals surface area contributed by atoms with Gasteiger partial charge in [-0.2, -0.15) is 5.10 Å². The molecule has 162 valence electrons. The Morgan fingerprint density at radius 2 is 1.77 bits per heavy atom. The molecule has 0 bridgehead atoms. The van der Waals surface area contributed by atoms with Crippen LogP contribution in [-0.4, -0.2) is 37.7 Å². The number of rotatable bonds is 6. The molecule has 0 unspecified atom stereocenters. The number of nitrogens with zero attached hydrogens (tertiary/aromatic N) is 5. The molecule has 0 aromatic carbocycles. The van der Waals surface area contributed by atoms with E-state index < -0.39 is 0 Å². The predicted molar refractivity (Wildman–Crippen MR) is 123 cm³/mol. The third-order valence-corrected chi connectivity index (χ3v) is 7.70. The van der Waals surface area contributed by atoms with Crippen LogP contribution in [0.3, 0.4) is 0 Å². The van der Waals surface area contributed by atoms with E-state index in [1.165, 1.54) is 36.4 Å². The van der Waals surface area contributed by atoms with Crippen molar-refractivity contribution in [2.45, 2.75) is 57.5 Å². The SMILES string of the molecule is O=c1ccc(-c2ccncc2)nn1CC1CCN(Cc2csc(C3CCCC3)n2)CC1. The van der Waals surface area contributed by atoms with E-state index >= 15 is 0 Å². The Labute approximate surface area is 187 Å². The van der Waals surface area contributed by atoms with E-state index in [9.17, 15) is 4.79 Å². The highest BCUT2D eigenvalue weighted by molar-refractivity contribution is 7.09. The fourth-order valence-electron chi connectivity index (χ4n) is 4.81. The van der Waals surface area contributed by atoms with Gasteiger partial charge in [0.05, 0.1) is 16.4 Å². The van der Waals surface area contributed by atoms with Gasteiger partial charge in [0.15, 0.2) is 0 Å². The van der Waals surface area contributed by atoms with Gasteiger partial charge in [-0.15, -0.1) is 11.3 Å². The van der Waals surface area contributed by atoms with Crippen LogP contribution in [-0.2, 0) is 13.1 Å². The zero-order valence-electron chi connectivity index (χ0n) is 17.8. The molecule has 1 saturated carbocycles. The molecule has 0 atom stereocenters. The lowest BCUT2D eigenvalue weighted by Gasteiger charge is -2.31. The van der Waals surface area contributed by atoms with Crippen LogP contribution >= 0.6 is 11.3 Å². The molecule has 0 N–H and O–H groups in total. The van der Waals surface area contributed by atoms with Crippen molar-refractivity contribution in [3.63, 3.8) is 0 Å². The molecule has 2 fully saturated rings. The highest BCUT2D eigenvalue weighted by Crippen LogP contribution is 2.35. The lowest BCUT2D eigenvalue weighted by atomic mass is 9.96. The van der Waals surface area contributed by atoms with Crippen molar-refractivity contribution in [1.29, 1.82) is 0 Å². The van der Waals surface area contributed by atoms with Gasteiger partial charge in [0.25, 0.3) is 5.56 Å². The van der Waals surface area contributed by atoms with Crippen LogP contribution in [0, 0.1) is 5.92 Å². The average Bonchev–Trinajstić information content (AvgIpc) is 3.49. The summed E-state index contributed by atoms with van der Waals surface area (Å²) < 4.78 is 1.64. The van der Waals surface area contributed by atoms with Gasteiger partial charge >= 0.3 is 0 Å². The average molecular weight is 436 g/mol. The lowest BCUT2D eigenvalue weighted by molar-refractivity contribution is 0.162. The monoisotopic (exact) mass is 435 g/mol. The van der Waals surface area contributed by atoms with Crippen molar-refractivity contribution < 1.29 is 0 Å². The Bertz CT molecular complexity index is 1050. The molecule has 3 aromatic rings. The lowest BCUT2D eigenvalue weighted by Crippen LogP contribution is -2.36. The van der Waals surface area contributed by atoms with E-state index in [-0.39, 0.29) is 5.56 Å². The van der Waals surface area contributed by atoms with E-state index in [2.05, 4.69) is 20.4 Å². The van der Waals surface area contributed by atoms with E-state index in [4.69, 9.17) is 4.98 Å². The van der Waals surface area contributed by atoms with Crippen LogP contribution in [0.1, 0.15) is 55.1 Å². The molecule has 0 radical (unpaired) electrons. The Balaban J connectivity index is 1.16. The van der Waals surface area contributed by atoms with Gasteiger partial charge in [-0.1, -0.05) is 12.8 Å². The van der Waals surface area contributed by atoms with E-state index in [1.54, 1.807) is 29.2 Å². The summed E-state index contributed by atoms with van der Waals surface area (Å²) in [6, 6.07) is 7.27. The van der Waals surface area contributed by atoms with Gasteiger partial charge in [0.1, 0.15) is 0 Å². The fourth-order valence-corrected chi connectivity index (χ4v) is 5.79. The molecule has 1 aliphatic heterocycles. The summed E-state index contributed by atoms with van der Waals surface area (Å²) in [5.74, 6) is 1.19. The predicted octanol–water partition coefficient (Wildman–Crippen LogP) is 4.33. The molecule has 1 aliphatic carbocycles. The summed E-state index contributed by atoms with van der Waals surface area (Å²) >= 11 is 1.85. The second kappa shape index (κ2) is 9.40. The highest BCUT2D eigenvalue weighted by atomic mass is 32.1.